The van der Waals surface area contributed by atoms with E-state index in [0.717, 1.165) is 32.2 Å². The van der Waals surface area contributed by atoms with Gasteiger partial charge in [0.25, 0.3) is 0 Å². The summed E-state index contributed by atoms with van der Waals surface area (Å²) < 4.78 is 2.82. The zero-order valence-electron chi connectivity index (χ0n) is 13.5. The molecular formula is C16H19N5OS. The molecule has 0 saturated carbocycles. The number of aryl methyl sites for hydroxylation is 3. The van der Waals surface area contributed by atoms with Gasteiger partial charge in [0.2, 0.25) is 0 Å². The van der Waals surface area contributed by atoms with Gasteiger partial charge < -0.3 is 10.6 Å². The van der Waals surface area contributed by atoms with Gasteiger partial charge in [-0.05, 0) is 39.0 Å². The van der Waals surface area contributed by atoms with E-state index in [1.807, 2.05) is 52.2 Å². The second-order valence-electron chi connectivity index (χ2n) is 5.58. The summed E-state index contributed by atoms with van der Waals surface area (Å²) in [7, 11) is 1.87. The Kier molecular flexibility index (Phi) is 4.04. The normalized spacial score (nSPS) is 12.3. The van der Waals surface area contributed by atoms with Crippen LogP contribution in [-0.4, -0.2) is 20.8 Å². The molecule has 2 aromatic heterocycles. The van der Waals surface area contributed by atoms with Crippen molar-refractivity contribution in [2.75, 3.05) is 5.32 Å². The molecule has 1 atom stereocenters. The van der Waals surface area contributed by atoms with Crippen molar-refractivity contribution in [3.8, 4) is 0 Å². The largest absolute Gasteiger partial charge is 0.331 e. The van der Waals surface area contributed by atoms with Crippen LogP contribution in [-0.2, 0) is 7.05 Å². The summed E-state index contributed by atoms with van der Waals surface area (Å²) in [5.74, 6) is 0. The number of carbonyl (C=O) groups excluding carboxylic acids is 1. The van der Waals surface area contributed by atoms with E-state index in [4.69, 9.17) is 0 Å². The van der Waals surface area contributed by atoms with E-state index in [2.05, 4.69) is 20.7 Å². The van der Waals surface area contributed by atoms with Crippen molar-refractivity contribution >= 4 is 33.3 Å². The van der Waals surface area contributed by atoms with E-state index in [0.29, 0.717) is 0 Å². The maximum absolute atomic E-state index is 12.2. The van der Waals surface area contributed by atoms with Crippen molar-refractivity contribution in [3.63, 3.8) is 0 Å². The molecule has 0 unspecified atom stereocenters. The first-order valence-corrected chi connectivity index (χ1v) is 8.19. The average Bonchev–Trinajstić information content (AvgIpc) is 2.99. The third-order valence-corrected chi connectivity index (χ3v) is 4.55. The molecule has 2 amide bonds. The van der Waals surface area contributed by atoms with Crippen LogP contribution < -0.4 is 10.6 Å². The summed E-state index contributed by atoms with van der Waals surface area (Å²) >= 11 is 1.62. The van der Waals surface area contributed by atoms with Crippen LogP contribution in [0.15, 0.2) is 24.4 Å². The quantitative estimate of drug-likeness (QED) is 0.772. The first kappa shape index (κ1) is 15.5. The number of amides is 2. The third kappa shape index (κ3) is 3.34. The second kappa shape index (κ2) is 6.00. The monoisotopic (exact) mass is 329 g/mol. The fourth-order valence-electron chi connectivity index (χ4n) is 2.60. The molecule has 7 heteroatoms. The van der Waals surface area contributed by atoms with E-state index in [1.165, 1.54) is 0 Å². The van der Waals surface area contributed by atoms with E-state index < -0.39 is 0 Å². The highest BCUT2D eigenvalue weighted by molar-refractivity contribution is 7.18. The lowest BCUT2D eigenvalue weighted by molar-refractivity contribution is 0.249. The molecule has 1 aromatic carbocycles. The minimum atomic E-state index is -0.235. The molecule has 0 aliphatic heterocycles. The molecule has 0 aliphatic rings. The summed E-state index contributed by atoms with van der Waals surface area (Å²) in [6, 6.07) is 5.38. The molecule has 3 rings (SSSR count). The van der Waals surface area contributed by atoms with Gasteiger partial charge in [-0.2, -0.15) is 5.10 Å². The first-order chi connectivity index (χ1) is 10.9. The minimum Gasteiger partial charge on any atom is -0.331 e. The second-order valence-corrected chi connectivity index (χ2v) is 6.81. The van der Waals surface area contributed by atoms with Gasteiger partial charge in [0.05, 0.1) is 27.0 Å². The van der Waals surface area contributed by atoms with Crippen molar-refractivity contribution in [3.05, 3.63) is 40.7 Å². The molecule has 3 aromatic rings. The zero-order valence-corrected chi connectivity index (χ0v) is 14.4. The van der Waals surface area contributed by atoms with Crippen molar-refractivity contribution in [1.29, 1.82) is 0 Å². The lowest BCUT2D eigenvalue weighted by Gasteiger charge is -2.14. The van der Waals surface area contributed by atoms with Gasteiger partial charge in [-0.3, -0.25) is 4.68 Å². The standard InChI is InChI=1S/C16H19N5OS/c1-9(13-8-21(4)20-10(13)2)17-16(22)19-12-5-6-14-15(7-12)23-11(3)18-14/h5-9H,1-4H3,(H2,17,19,22)/t9-/m1/s1. The Hall–Kier alpha value is -2.41. The van der Waals surface area contributed by atoms with Gasteiger partial charge in [-0.15, -0.1) is 11.3 Å². The van der Waals surface area contributed by atoms with Crippen LogP contribution in [0.1, 0.15) is 29.2 Å². The SMILES string of the molecule is Cc1nc2ccc(NC(=O)N[C@H](C)c3cn(C)nc3C)cc2s1. The smallest absolute Gasteiger partial charge is 0.319 e. The van der Waals surface area contributed by atoms with E-state index in [1.54, 1.807) is 16.0 Å². The van der Waals surface area contributed by atoms with Crippen molar-refractivity contribution in [1.82, 2.24) is 20.1 Å². The van der Waals surface area contributed by atoms with Gasteiger partial charge in [-0.1, -0.05) is 0 Å². The fourth-order valence-corrected chi connectivity index (χ4v) is 3.47. The van der Waals surface area contributed by atoms with Crippen LogP contribution in [0, 0.1) is 13.8 Å². The molecule has 120 valence electrons. The molecule has 0 radical (unpaired) electrons. The molecule has 2 heterocycles. The first-order valence-electron chi connectivity index (χ1n) is 7.37. The van der Waals surface area contributed by atoms with Gasteiger partial charge in [0.15, 0.2) is 0 Å². The Morgan fingerprint density at radius 1 is 1.35 bits per heavy atom. The number of aromatic nitrogens is 3. The number of fused-ring (bicyclic) bond motifs is 1. The molecule has 2 N–H and O–H groups in total. The number of hydrogen-bond donors (Lipinski definition) is 2. The Morgan fingerprint density at radius 3 is 2.83 bits per heavy atom. The number of nitrogens with zero attached hydrogens (tertiary/aromatic N) is 3. The lowest BCUT2D eigenvalue weighted by atomic mass is 10.1. The number of nitrogens with one attached hydrogen (secondary N) is 2. The number of carbonyl (C=O) groups is 1. The summed E-state index contributed by atoms with van der Waals surface area (Å²) in [4.78, 5) is 16.6. The van der Waals surface area contributed by atoms with Crippen LogP contribution in [0.2, 0.25) is 0 Å². The van der Waals surface area contributed by atoms with Crippen LogP contribution >= 0.6 is 11.3 Å². The Bertz CT molecular complexity index is 867. The number of anilines is 1. The number of benzene rings is 1. The van der Waals surface area contributed by atoms with Crippen molar-refractivity contribution < 1.29 is 4.79 Å². The van der Waals surface area contributed by atoms with E-state index in [-0.39, 0.29) is 12.1 Å². The van der Waals surface area contributed by atoms with Gasteiger partial charge in [0, 0.05) is 24.5 Å². The predicted octanol–water partition coefficient (Wildman–Crippen LogP) is 3.53. The highest BCUT2D eigenvalue weighted by Crippen LogP contribution is 2.25. The summed E-state index contributed by atoms with van der Waals surface area (Å²) in [6.45, 7) is 5.85. The third-order valence-electron chi connectivity index (χ3n) is 3.62. The van der Waals surface area contributed by atoms with E-state index in [9.17, 15) is 4.79 Å². The topological polar surface area (TPSA) is 71.8 Å². The van der Waals surface area contributed by atoms with Crippen molar-refractivity contribution in [2.24, 2.45) is 7.05 Å². The number of rotatable bonds is 3. The Labute approximate surface area is 138 Å². The Morgan fingerprint density at radius 2 is 2.13 bits per heavy atom. The minimum absolute atomic E-state index is 0.113. The van der Waals surface area contributed by atoms with Crippen LogP contribution in [0.25, 0.3) is 10.2 Å². The molecule has 0 spiro atoms. The predicted molar refractivity (Wildman–Crippen MR) is 92.9 cm³/mol. The fraction of sp³-hybridized carbons (Fsp3) is 0.312. The molecule has 0 bridgehead atoms. The number of hydrogen-bond acceptors (Lipinski definition) is 4. The highest BCUT2D eigenvalue weighted by atomic mass is 32.1. The van der Waals surface area contributed by atoms with Gasteiger partial charge in [-0.25, -0.2) is 9.78 Å². The van der Waals surface area contributed by atoms with Crippen molar-refractivity contribution in [2.45, 2.75) is 26.8 Å². The summed E-state index contributed by atoms with van der Waals surface area (Å²) in [5.41, 5.74) is 3.64. The average molecular weight is 329 g/mol. The Balaban J connectivity index is 1.69. The summed E-state index contributed by atoms with van der Waals surface area (Å²) in [5, 5.41) is 11.1. The molecule has 6 nitrogen and oxygen atoms in total. The number of urea groups is 1. The van der Waals surface area contributed by atoms with E-state index >= 15 is 0 Å². The van der Waals surface area contributed by atoms with Crippen LogP contribution in [0.3, 0.4) is 0 Å². The lowest BCUT2D eigenvalue weighted by Crippen LogP contribution is -2.31. The molecular weight excluding hydrogens is 310 g/mol. The molecule has 0 saturated heterocycles. The van der Waals surface area contributed by atoms with Gasteiger partial charge in [0.1, 0.15) is 0 Å². The van der Waals surface area contributed by atoms with Crippen LogP contribution in [0.5, 0.6) is 0 Å². The van der Waals surface area contributed by atoms with Crippen LogP contribution in [0.4, 0.5) is 10.5 Å². The molecule has 0 fully saturated rings. The molecule has 23 heavy (non-hydrogen) atoms. The van der Waals surface area contributed by atoms with Gasteiger partial charge >= 0.3 is 6.03 Å². The molecule has 0 aliphatic carbocycles. The highest BCUT2D eigenvalue weighted by Gasteiger charge is 2.14. The maximum Gasteiger partial charge on any atom is 0.319 e. The zero-order chi connectivity index (χ0) is 16.6. The number of thiazole rings is 1. The summed E-state index contributed by atoms with van der Waals surface area (Å²) in [6.07, 6.45) is 1.92. The maximum atomic E-state index is 12.2.